The van der Waals surface area contributed by atoms with Crippen molar-refractivity contribution in [3.05, 3.63) is 95.1 Å². The van der Waals surface area contributed by atoms with E-state index < -0.39 is 11.9 Å². The van der Waals surface area contributed by atoms with Crippen LogP contribution < -0.4 is 14.8 Å². The lowest BCUT2D eigenvalue weighted by atomic mass is 10.1. The minimum Gasteiger partial charge on any atom is -0.489 e. The zero-order valence-electron chi connectivity index (χ0n) is 16.0. The summed E-state index contributed by atoms with van der Waals surface area (Å²) in [7, 11) is 0. The summed E-state index contributed by atoms with van der Waals surface area (Å²) in [5, 5.41) is 11.9. The highest BCUT2D eigenvalue weighted by Crippen LogP contribution is 2.31. The van der Waals surface area contributed by atoms with Crippen molar-refractivity contribution in [1.82, 2.24) is 0 Å². The number of carbonyl (C=O) groups excluding carboxylic acids is 1. The third-order valence-corrected chi connectivity index (χ3v) is 4.64. The molecule has 0 unspecified atom stereocenters. The number of carboxylic acid groups (broad SMARTS) is 1. The van der Waals surface area contributed by atoms with E-state index in [4.69, 9.17) is 9.47 Å². The van der Waals surface area contributed by atoms with Gasteiger partial charge in [0.15, 0.2) is 0 Å². The first-order valence-corrected chi connectivity index (χ1v) is 9.38. The van der Waals surface area contributed by atoms with Gasteiger partial charge in [-0.2, -0.15) is 0 Å². The van der Waals surface area contributed by atoms with E-state index in [2.05, 4.69) is 5.32 Å². The minimum absolute atomic E-state index is 0.0313. The molecule has 0 fully saturated rings. The maximum Gasteiger partial charge on any atom is 0.337 e. The van der Waals surface area contributed by atoms with Gasteiger partial charge >= 0.3 is 5.97 Å². The first-order chi connectivity index (χ1) is 14.6. The number of rotatable bonds is 6. The molecule has 1 amide bonds. The average Bonchev–Trinajstić information content (AvgIpc) is 2.78. The van der Waals surface area contributed by atoms with Crippen molar-refractivity contribution in [2.75, 3.05) is 11.9 Å². The molecule has 3 aromatic carbocycles. The van der Waals surface area contributed by atoms with Crippen molar-refractivity contribution in [3.63, 3.8) is 0 Å². The second-order valence-electron chi connectivity index (χ2n) is 6.74. The number of hydrogen-bond acceptors (Lipinski definition) is 4. The normalized spacial score (nSPS) is 12.2. The van der Waals surface area contributed by atoms with Crippen molar-refractivity contribution in [1.29, 1.82) is 0 Å². The largest absolute Gasteiger partial charge is 0.489 e. The molecule has 0 saturated carbocycles. The molecule has 6 heteroatoms. The van der Waals surface area contributed by atoms with Crippen molar-refractivity contribution in [3.8, 4) is 11.5 Å². The predicted molar refractivity (Wildman–Crippen MR) is 113 cm³/mol. The summed E-state index contributed by atoms with van der Waals surface area (Å²) in [6.07, 6.45) is 1.73. The Morgan fingerprint density at radius 3 is 2.57 bits per heavy atom. The van der Waals surface area contributed by atoms with Crippen LogP contribution in [0, 0.1) is 0 Å². The van der Waals surface area contributed by atoms with E-state index in [0.717, 1.165) is 11.1 Å². The van der Waals surface area contributed by atoms with E-state index in [9.17, 15) is 14.7 Å². The SMILES string of the molecule is O=C(Nc1ccccc1C(=O)O)C1=Cc2ccc(OCc3ccccc3)cc2OC1. The summed E-state index contributed by atoms with van der Waals surface area (Å²) in [4.78, 5) is 23.9. The van der Waals surface area contributed by atoms with Crippen LogP contribution in [0.3, 0.4) is 0 Å². The van der Waals surface area contributed by atoms with E-state index in [1.165, 1.54) is 6.07 Å². The Hall–Kier alpha value is -4.06. The molecule has 1 aliphatic rings. The number of amides is 1. The number of hydrogen-bond donors (Lipinski definition) is 2. The molecular formula is C24H19NO5. The minimum atomic E-state index is -1.10. The lowest BCUT2D eigenvalue weighted by molar-refractivity contribution is -0.113. The van der Waals surface area contributed by atoms with Crippen LogP contribution in [-0.4, -0.2) is 23.6 Å². The molecule has 0 radical (unpaired) electrons. The summed E-state index contributed by atoms with van der Waals surface area (Å²) >= 11 is 0. The number of anilines is 1. The van der Waals surface area contributed by atoms with E-state index >= 15 is 0 Å². The van der Waals surface area contributed by atoms with Gasteiger partial charge in [0.2, 0.25) is 0 Å². The predicted octanol–water partition coefficient (Wildman–Crippen LogP) is 4.38. The zero-order valence-corrected chi connectivity index (χ0v) is 16.0. The Balaban J connectivity index is 1.46. The first kappa shape index (κ1) is 19.3. The van der Waals surface area contributed by atoms with Gasteiger partial charge in [-0.05, 0) is 35.9 Å². The summed E-state index contributed by atoms with van der Waals surface area (Å²) in [6, 6.07) is 21.6. The molecule has 150 valence electrons. The van der Waals surface area contributed by atoms with Crippen molar-refractivity contribution in [2.24, 2.45) is 0 Å². The van der Waals surface area contributed by atoms with Crippen LogP contribution in [0.25, 0.3) is 6.08 Å². The smallest absolute Gasteiger partial charge is 0.337 e. The maximum absolute atomic E-state index is 12.6. The van der Waals surface area contributed by atoms with Gasteiger partial charge in [0.05, 0.1) is 16.8 Å². The number of carboxylic acids is 1. The Morgan fingerprint density at radius 1 is 1.00 bits per heavy atom. The van der Waals surface area contributed by atoms with Crippen LogP contribution in [0.5, 0.6) is 11.5 Å². The number of para-hydroxylation sites is 1. The van der Waals surface area contributed by atoms with E-state index in [0.29, 0.717) is 23.7 Å². The Bertz CT molecular complexity index is 1120. The van der Waals surface area contributed by atoms with Crippen molar-refractivity contribution in [2.45, 2.75) is 6.61 Å². The molecule has 0 aliphatic carbocycles. The summed E-state index contributed by atoms with van der Waals surface area (Å²) < 4.78 is 11.6. The van der Waals surface area contributed by atoms with E-state index in [1.807, 2.05) is 42.5 Å². The van der Waals surface area contributed by atoms with E-state index in [1.54, 1.807) is 30.3 Å². The fraction of sp³-hybridized carbons (Fsp3) is 0.0833. The molecule has 1 heterocycles. The maximum atomic E-state index is 12.6. The highest BCUT2D eigenvalue weighted by atomic mass is 16.5. The highest BCUT2D eigenvalue weighted by molar-refractivity contribution is 6.10. The van der Waals surface area contributed by atoms with Gasteiger partial charge in [0.1, 0.15) is 24.7 Å². The number of fused-ring (bicyclic) bond motifs is 1. The number of ether oxygens (including phenoxy) is 2. The Morgan fingerprint density at radius 2 is 1.77 bits per heavy atom. The second kappa shape index (κ2) is 8.53. The first-order valence-electron chi connectivity index (χ1n) is 9.38. The molecule has 6 nitrogen and oxygen atoms in total. The summed E-state index contributed by atoms with van der Waals surface area (Å²) in [6.45, 7) is 0.530. The molecule has 3 aromatic rings. The lowest BCUT2D eigenvalue weighted by Crippen LogP contribution is -2.22. The second-order valence-corrected chi connectivity index (χ2v) is 6.74. The van der Waals surface area contributed by atoms with E-state index in [-0.39, 0.29) is 17.9 Å². The van der Waals surface area contributed by atoms with Crippen LogP contribution >= 0.6 is 0 Å². The topological polar surface area (TPSA) is 84.9 Å². The summed E-state index contributed by atoms with van der Waals surface area (Å²) in [5.41, 5.74) is 2.50. The Kier molecular flexibility index (Phi) is 5.48. The van der Waals surface area contributed by atoms with Crippen LogP contribution in [0.2, 0.25) is 0 Å². The molecule has 2 N–H and O–H groups in total. The van der Waals surface area contributed by atoms with Crippen LogP contribution in [0.15, 0.2) is 78.4 Å². The van der Waals surface area contributed by atoms with Gasteiger partial charge in [0, 0.05) is 11.6 Å². The fourth-order valence-corrected chi connectivity index (χ4v) is 3.09. The molecule has 4 rings (SSSR count). The monoisotopic (exact) mass is 401 g/mol. The molecule has 30 heavy (non-hydrogen) atoms. The molecule has 0 bridgehead atoms. The van der Waals surface area contributed by atoms with Gasteiger partial charge in [-0.1, -0.05) is 42.5 Å². The fourth-order valence-electron chi connectivity index (χ4n) is 3.09. The van der Waals surface area contributed by atoms with Gasteiger partial charge < -0.3 is 19.9 Å². The molecule has 0 spiro atoms. The molecular weight excluding hydrogens is 382 g/mol. The van der Waals surface area contributed by atoms with Crippen molar-refractivity contribution < 1.29 is 24.2 Å². The van der Waals surface area contributed by atoms with Crippen LogP contribution in [0.1, 0.15) is 21.5 Å². The molecule has 0 saturated heterocycles. The zero-order chi connectivity index (χ0) is 20.9. The molecule has 0 aromatic heterocycles. The summed E-state index contributed by atoms with van der Waals surface area (Å²) in [5.74, 6) is -0.204. The van der Waals surface area contributed by atoms with Crippen LogP contribution in [0.4, 0.5) is 5.69 Å². The quantitative estimate of drug-likeness (QED) is 0.640. The third-order valence-electron chi connectivity index (χ3n) is 4.64. The lowest BCUT2D eigenvalue weighted by Gasteiger charge is -2.19. The average molecular weight is 401 g/mol. The van der Waals surface area contributed by atoms with Crippen molar-refractivity contribution >= 4 is 23.6 Å². The molecule has 1 aliphatic heterocycles. The Labute approximate surface area is 173 Å². The highest BCUT2D eigenvalue weighted by Gasteiger charge is 2.20. The number of nitrogens with one attached hydrogen (secondary N) is 1. The standard InChI is InChI=1S/C24H19NO5/c26-23(25-21-9-5-4-8-20(21)24(27)28)18-12-17-10-11-19(13-22(17)30-15-18)29-14-16-6-2-1-3-7-16/h1-13H,14-15H2,(H,25,26)(H,27,28). The third kappa shape index (κ3) is 4.33. The number of carbonyl (C=O) groups is 2. The van der Waals surface area contributed by atoms with Gasteiger partial charge in [-0.15, -0.1) is 0 Å². The number of benzene rings is 3. The number of aromatic carboxylic acids is 1. The van der Waals surface area contributed by atoms with Gasteiger partial charge in [-0.25, -0.2) is 4.79 Å². The van der Waals surface area contributed by atoms with Gasteiger partial charge in [-0.3, -0.25) is 4.79 Å². The van der Waals surface area contributed by atoms with Crippen LogP contribution in [-0.2, 0) is 11.4 Å². The molecule has 0 atom stereocenters. The van der Waals surface area contributed by atoms with Gasteiger partial charge in [0.25, 0.3) is 5.91 Å².